The van der Waals surface area contributed by atoms with Crippen LogP contribution in [0.15, 0.2) is 23.8 Å². The molecule has 4 aliphatic heterocycles. The molecule has 0 amide bonds. The van der Waals surface area contributed by atoms with E-state index in [-0.39, 0.29) is 24.0 Å². The molecule has 4 heterocycles. The van der Waals surface area contributed by atoms with Crippen LogP contribution in [0.2, 0.25) is 0 Å². The van der Waals surface area contributed by atoms with Crippen LogP contribution in [-0.2, 0) is 61.9 Å². The molecule has 0 aromatic heterocycles. The lowest BCUT2D eigenvalue weighted by Gasteiger charge is -2.59. The van der Waals surface area contributed by atoms with E-state index in [1.807, 2.05) is 0 Å². The van der Waals surface area contributed by atoms with Gasteiger partial charge in [-0.15, -0.1) is 0 Å². The van der Waals surface area contributed by atoms with Crippen LogP contribution >= 0.6 is 0 Å². The first-order chi connectivity index (χ1) is 20.8. The maximum atomic E-state index is 13.3. The first kappa shape index (κ1) is 32.6. The molecule has 10 atom stereocenters. The van der Waals surface area contributed by atoms with Crippen molar-refractivity contribution in [3.8, 4) is 0 Å². The van der Waals surface area contributed by atoms with E-state index in [0.29, 0.717) is 0 Å². The number of ether oxygens (including phenoxy) is 7. The molecular formula is C31H38O14. The molecule has 10 unspecified atom stereocenters. The lowest BCUT2D eigenvalue weighted by Crippen LogP contribution is -2.66. The summed E-state index contributed by atoms with van der Waals surface area (Å²) >= 11 is 0. The molecule has 1 aliphatic carbocycles. The summed E-state index contributed by atoms with van der Waals surface area (Å²) in [6.45, 7) is 13.4. The second-order valence-electron chi connectivity index (χ2n) is 13.3. The Bertz CT molecular complexity index is 1410. The number of hydrogen-bond donors (Lipinski definition) is 1. The van der Waals surface area contributed by atoms with Gasteiger partial charge in [-0.25, -0.2) is 9.59 Å². The van der Waals surface area contributed by atoms with Crippen LogP contribution in [0.1, 0.15) is 60.8 Å². The summed E-state index contributed by atoms with van der Waals surface area (Å²) in [4.78, 5) is 77.3. The largest absolute Gasteiger partial charge is 0.469 e. The number of methoxy groups -OCH3 is 1. The number of aliphatic hydroxyl groups is 1. The molecule has 1 saturated carbocycles. The van der Waals surface area contributed by atoms with Gasteiger partial charge in [0.05, 0.1) is 25.5 Å². The zero-order valence-corrected chi connectivity index (χ0v) is 26.2. The molecule has 0 aromatic rings. The first-order valence-corrected chi connectivity index (χ1v) is 14.6. The molecule has 1 spiro atoms. The van der Waals surface area contributed by atoms with Gasteiger partial charge in [0.2, 0.25) is 6.29 Å². The number of epoxide rings is 1. The van der Waals surface area contributed by atoms with Crippen molar-refractivity contribution in [3.63, 3.8) is 0 Å². The molecule has 4 fully saturated rings. The second-order valence-corrected chi connectivity index (χ2v) is 13.3. The van der Waals surface area contributed by atoms with Gasteiger partial charge in [-0.05, 0) is 31.9 Å². The number of cyclic esters (lactones) is 3. The average Bonchev–Trinajstić information content (AvgIpc) is 3.61. The van der Waals surface area contributed by atoms with Crippen LogP contribution in [0.5, 0.6) is 0 Å². The Morgan fingerprint density at radius 2 is 1.67 bits per heavy atom. The number of hydrogen-bond acceptors (Lipinski definition) is 14. The number of aliphatic hydroxyl groups excluding tert-OH is 1. The van der Waals surface area contributed by atoms with Gasteiger partial charge in [0.25, 0.3) is 0 Å². The highest BCUT2D eigenvalue weighted by molar-refractivity contribution is 5.94. The molecule has 246 valence electrons. The summed E-state index contributed by atoms with van der Waals surface area (Å²) in [5.74, 6) is -6.32. The molecule has 14 heteroatoms. The topological polar surface area (TPSA) is 191 Å². The minimum atomic E-state index is -1.55. The number of carbonyl (C=O) groups is 6. The van der Waals surface area contributed by atoms with Crippen molar-refractivity contribution in [1.29, 1.82) is 0 Å². The van der Waals surface area contributed by atoms with Gasteiger partial charge >= 0.3 is 35.8 Å². The van der Waals surface area contributed by atoms with Crippen LogP contribution in [0, 0.1) is 22.7 Å². The summed E-state index contributed by atoms with van der Waals surface area (Å²) in [7, 11) is 1.21. The molecule has 1 N–H and O–H groups in total. The quantitative estimate of drug-likeness (QED) is 0.190. The number of rotatable bonds is 6. The number of carbonyl (C=O) groups excluding carboxylic acids is 6. The van der Waals surface area contributed by atoms with Gasteiger partial charge in [0.1, 0.15) is 29.5 Å². The Morgan fingerprint density at radius 3 is 2.22 bits per heavy atom. The molecule has 5 rings (SSSR count). The van der Waals surface area contributed by atoms with Gasteiger partial charge in [-0.2, -0.15) is 0 Å². The predicted molar refractivity (Wildman–Crippen MR) is 147 cm³/mol. The zero-order valence-electron chi connectivity index (χ0n) is 26.2. The van der Waals surface area contributed by atoms with E-state index in [0.717, 1.165) is 6.08 Å². The van der Waals surface area contributed by atoms with Gasteiger partial charge < -0.3 is 38.3 Å². The second kappa shape index (κ2) is 10.6. The van der Waals surface area contributed by atoms with E-state index < -0.39 is 107 Å². The fourth-order valence-corrected chi connectivity index (χ4v) is 8.55. The summed E-state index contributed by atoms with van der Waals surface area (Å²) in [5.41, 5.74) is -5.41. The van der Waals surface area contributed by atoms with Gasteiger partial charge in [-0.3, -0.25) is 19.2 Å². The molecule has 3 saturated heterocycles. The van der Waals surface area contributed by atoms with Crippen molar-refractivity contribution >= 4 is 35.8 Å². The maximum absolute atomic E-state index is 13.3. The Morgan fingerprint density at radius 1 is 1.02 bits per heavy atom. The van der Waals surface area contributed by atoms with E-state index in [1.165, 1.54) is 21.0 Å². The standard InChI is InChI=1S/C31H38O14/c1-13-23(30(7)18(10-20(34)39-8)28(4,5)44-22(36)11-19(30)41-15(3)33)17(40-14(2)32)12-29(6)24(16-9-21(35)42-26(16)37)43-27(38)25-31(13,29)45-25/h9,17-19,21,23-25,35H,1,10-12H2,2-8H3. The normalized spacial score (nSPS) is 41.6. The highest BCUT2D eigenvalue weighted by Crippen LogP contribution is 2.71. The minimum absolute atomic E-state index is 0.0754. The highest BCUT2D eigenvalue weighted by Gasteiger charge is 2.83. The third-order valence-electron chi connectivity index (χ3n) is 10.3. The monoisotopic (exact) mass is 634 g/mol. The Kier molecular flexibility index (Phi) is 7.72. The van der Waals surface area contributed by atoms with Crippen molar-refractivity contribution in [2.24, 2.45) is 22.7 Å². The van der Waals surface area contributed by atoms with Crippen LogP contribution in [0.4, 0.5) is 0 Å². The van der Waals surface area contributed by atoms with Crippen LogP contribution in [-0.4, -0.2) is 89.9 Å². The Balaban J connectivity index is 1.73. The van der Waals surface area contributed by atoms with Gasteiger partial charge in [0.15, 0.2) is 6.10 Å². The van der Waals surface area contributed by atoms with Crippen molar-refractivity contribution < 1.29 is 67.0 Å². The molecule has 45 heavy (non-hydrogen) atoms. The summed E-state index contributed by atoms with van der Waals surface area (Å²) in [5, 5.41) is 10.0. The van der Waals surface area contributed by atoms with E-state index >= 15 is 0 Å². The Labute approximate surface area is 259 Å². The smallest absolute Gasteiger partial charge is 0.340 e. The van der Waals surface area contributed by atoms with Gasteiger partial charge in [-0.1, -0.05) is 20.4 Å². The van der Waals surface area contributed by atoms with E-state index in [4.69, 9.17) is 33.2 Å². The van der Waals surface area contributed by atoms with Crippen LogP contribution in [0.3, 0.4) is 0 Å². The van der Waals surface area contributed by atoms with Crippen molar-refractivity contribution in [1.82, 2.24) is 0 Å². The third-order valence-corrected chi connectivity index (χ3v) is 10.3. The van der Waals surface area contributed by atoms with Crippen molar-refractivity contribution in [3.05, 3.63) is 23.8 Å². The third kappa shape index (κ3) is 4.84. The lowest BCUT2D eigenvalue weighted by atomic mass is 9.47. The highest BCUT2D eigenvalue weighted by atomic mass is 16.7. The lowest BCUT2D eigenvalue weighted by molar-refractivity contribution is -0.197. The fraction of sp³-hybridized carbons (Fsp3) is 0.677. The SMILES string of the molecule is C=C1C(C2(C)C(OC(C)=O)CC(=O)OC(C)(C)C2CC(=O)OC)C(OC(C)=O)CC2(C)C(C3=CC(O)OC3=O)OC(=O)C3OC132. The molecule has 0 radical (unpaired) electrons. The first-order valence-electron chi connectivity index (χ1n) is 14.6. The number of esters is 6. The molecule has 0 aromatic carbocycles. The predicted octanol–water partition coefficient (Wildman–Crippen LogP) is 1.21. The Hall–Kier alpha value is -3.78. The van der Waals surface area contributed by atoms with E-state index in [2.05, 4.69) is 6.58 Å². The molecule has 0 bridgehead atoms. The maximum Gasteiger partial charge on any atom is 0.340 e. The molecular weight excluding hydrogens is 596 g/mol. The van der Waals surface area contributed by atoms with Crippen molar-refractivity contribution in [2.45, 2.75) is 103 Å². The van der Waals surface area contributed by atoms with E-state index in [1.54, 1.807) is 27.7 Å². The van der Waals surface area contributed by atoms with Crippen LogP contribution in [0.25, 0.3) is 0 Å². The van der Waals surface area contributed by atoms with Gasteiger partial charge in [0, 0.05) is 36.5 Å². The molecule has 14 nitrogen and oxygen atoms in total. The summed E-state index contributed by atoms with van der Waals surface area (Å²) in [6.07, 6.45) is -5.94. The molecule has 5 aliphatic rings. The average molecular weight is 635 g/mol. The summed E-state index contributed by atoms with van der Waals surface area (Å²) in [6, 6.07) is 0. The van der Waals surface area contributed by atoms with Crippen molar-refractivity contribution in [2.75, 3.05) is 7.11 Å². The summed E-state index contributed by atoms with van der Waals surface area (Å²) < 4.78 is 39.4. The zero-order chi connectivity index (χ0) is 33.4. The van der Waals surface area contributed by atoms with E-state index in [9.17, 15) is 33.9 Å². The fourth-order valence-electron chi connectivity index (χ4n) is 8.55. The van der Waals surface area contributed by atoms with Crippen LogP contribution < -0.4 is 0 Å². The minimum Gasteiger partial charge on any atom is -0.469 e.